The lowest BCUT2D eigenvalue weighted by molar-refractivity contribution is -0.125. The Bertz CT molecular complexity index is 727. The van der Waals surface area contributed by atoms with Crippen molar-refractivity contribution in [3.05, 3.63) is 71.3 Å². The van der Waals surface area contributed by atoms with Gasteiger partial charge in [-0.05, 0) is 36.5 Å². The van der Waals surface area contributed by atoms with E-state index in [1.807, 2.05) is 55.5 Å². The topological polar surface area (TPSA) is 49.4 Å². The van der Waals surface area contributed by atoms with E-state index < -0.39 is 0 Å². The Balaban J connectivity index is 1.61. The largest absolute Gasteiger partial charge is 0.273 e. The second kappa shape index (κ2) is 6.24. The van der Waals surface area contributed by atoms with Crippen molar-refractivity contribution in [3.8, 4) is 0 Å². The zero-order valence-electron chi connectivity index (χ0n) is 13.3. The van der Waals surface area contributed by atoms with Crippen molar-refractivity contribution in [2.24, 2.45) is 5.92 Å². The van der Waals surface area contributed by atoms with Crippen LogP contribution in [0.25, 0.3) is 0 Å². The summed E-state index contributed by atoms with van der Waals surface area (Å²) in [7, 11) is 1.59. The number of hydrazine groups is 1. The van der Waals surface area contributed by atoms with Gasteiger partial charge in [0.1, 0.15) is 0 Å². The Labute approximate surface area is 136 Å². The number of aryl methyl sites for hydroxylation is 1. The summed E-state index contributed by atoms with van der Waals surface area (Å²) in [5.74, 6) is -0.0840. The molecular weight excluding hydrogens is 288 g/mol. The van der Waals surface area contributed by atoms with Gasteiger partial charge >= 0.3 is 0 Å². The van der Waals surface area contributed by atoms with Crippen LogP contribution in [0.5, 0.6) is 0 Å². The molecule has 1 fully saturated rings. The van der Waals surface area contributed by atoms with Crippen LogP contribution in [0.2, 0.25) is 0 Å². The van der Waals surface area contributed by atoms with Gasteiger partial charge in [-0.15, -0.1) is 0 Å². The molecule has 4 nitrogen and oxygen atoms in total. The molecule has 2 atom stereocenters. The van der Waals surface area contributed by atoms with Gasteiger partial charge in [-0.2, -0.15) is 0 Å². The minimum Gasteiger partial charge on any atom is -0.273 e. The Morgan fingerprint density at radius 2 is 1.70 bits per heavy atom. The van der Waals surface area contributed by atoms with Gasteiger partial charge in [-0.3, -0.25) is 20.0 Å². The number of nitrogens with zero attached hydrogens (tertiary/aromatic N) is 1. The number of carbonyl (C=O) groups excluding carboxylic acids is 2. The third kappa shape index (κ3) is 3.26. The number of rotatable bonds is 3. The van der Waals surface area contributed by atoms with Crippen molar-refractivity contribution < 1.29 is 9.59 Å². The van der Waals surface area contributed by atoms with E-state index in [2.05, 4.69) is 5.43 Å². The Morgan fingerprint density at radius 1 is 1.04 bits per heavy atom. The molecule has 0 aromatic heterocycles. The van der Waals surface area contributed by atoms with E-state index in [0.29, 0.717) is 5.56 Å². The smallest absolute Gasteiger partial charge is 0.272 e. The normalized spacial score (nSPS) is 19.0. The molecule has 1 saturated carbocycles. The SMILES string of the molecule is Cc1ccccc1C(=O)N(C)NC(=O)C1CC1c1ccccc1. The van der Waals surface area contributed by atoms with Gasteiger partial charge in [-0.1, -0.05) is 48.5 Å². The molecular formula is C19H20N2O2. The summed E-state index contributed by atoms with van der Waals surface area (Å²) in [6, 6.07) is 17.4. The zero-order valence-corrected chi connectivity index (χ0v) is 13.3. The van der Waals surface area contributed by atoms with Gasteiger partial charge in [0.05, 0.1) is 0 Å². The molecule has 0 radical (unpaired) electrons. The highest BCUT2D eigenvalue weighted by Crippen LogP contribution is 2.47. The summed E-state index contributed by atoms with van der Waals surface area (Å²) >= 11 is 0. The standard InChI is InChI=1S/C19H20N2O2/c1-13-8-6-7-11-15(13)19(23)21(2)20-18(22)17-12-16(17)14-9-4-3-5-10-14/h3-11,16-17H,12H2,1-2H3,(H,20,22). The molecule has 3 rings (SSSR count). The average Bonchev–Trinajstić information content (AvgIpc) is 3.36. The first kappa shape index (κ1) is 15.3. The van der Waals surface area contributed by atoms with Crippen LogP contribution >= 0.6 is 0 Å². The summed E-state index contributed by atoms with van der Waals surface area (Å²) in [5.41, 5.74) is 5.39. The fraction of sp³-hybridized carbons (Fsp3) is 0.263. The van der Waals surface area contributed by atoms with Gasteiger partial charge < -0.3 is 0 Å². The van der Waals surface area contributed by atoms with E-state index in [0.717, 1.165) is 12.0 Å². The minimum absolute atomic E-state index is 0.0514. The first-order valence-electron chi connectivity index (χ1n) is 7.77. The highest BCUT2D eigenvalue weighted by molar-refractivity contribution is 5.97. The molecule has 0 bridgehead atoms. The third-order valence-electron chi connectivity index (χ3n) is 4.31. The molecule has 1 aliphatic carbocycles. The van der Waals surface area contributed by atoms with Crippen LogP contribution in [0.3, 0.4) is 0 Å². The molecule has 0 heterocycles. The van der Waals surface area contributed by atoms with Crippen LogP contribution in [0, 0.1) is 12.8 Å². The monoisotopic (exact) mass is 308 g/mol. The average molecular weight is 308 g/mol. The predicted molar refractivity (Wildman–Crippen MR) is 88.7 cm³/mol. The summed E-state index contributed by atoms with van der Waals surface area (Å²) in [6.07, 6.45) is 0.836. The van der Waals surface area contributed by atoms with Crippen LogP contribution in [-0.2, 0) is 4.79 Å². The molecule has 4 heteroatoms. The molecule has 0 saturated heterocycles. The lowest BCUT2D eigenvalue weighted by Crippen LogP contribution is -2.44. The number of hydrogen-bond donors (Lipinski definition) is 1. The predicted octanol–water partition coefficient (Wildman–Crippen LogP) is 2.90. The van der Waals surface area contributed by atoms with Crippen molar-refractivity contribution in [3.63, 3.8) is 0 Å². The first-order chi connectivity index (χ1) is 11.1. The Hall–Kier alpha value is -2.62. The number of carbonyl (C=O) groups is 2. The van der Waals surface area contributed by atoms with Crippen LogP contribution in [0.4, 0.5) is 0 Å². The molecule has 2 amide bonds. The lowest BCUT2D eigenvalue weighted by Gasteiger charge is -2.19. The Morgan fingerprint density at radius 3 is 2.39 bits per heavy atom. The van der Waals surface area contributed by atoms with Crippen LogP contribution in [0.15, 0.2) is 54.6 Å². The third-order valence-corrected chi connectivity index (χ3v) is 4.31. The van der Waals surface area contributed by atoms with Gasteiger partial charge in [0.15, 0.2) is 0 Å². The number of amides is 2. The summed E-state index contributed by atoms with van der Waals surface area (Å²) in [5, 5.41) is 1.28. The maximum atomic E-state index is 12.4. The molecule has 118 valence electrons. The van der Waals surface area contributed by atoms with Gasteiger partial charge in [0, 0.05) is 18.5 Å². The molecule has 0 spiro atoms. The number of benzene rings is 2. The fourth-order valence-corrected chi connectivity index (χ4v) is 2.85. The summed E-state index contributed by atoms with van der Waals surface area (Å²) < 4.78 is 0. The van der Waals surface area contributed by atoms with E-state index in [4.69, 9.17) is 0 Å². The molecule has 1 N–H and O–H groups in total. The van der Waals surface area contributed by atoms with E-state index in [9.17, 15) is 9.59 Å². The van der Waals surface area contributed by atoms with Crippen molar-refractivity contribution in [2.75, 3.05) is 7.05 Å². The molecule has 2 aromatic carbocycles. The van der Waals surface area contributed by atoms with E-state index >= 15 is 0 Å². The number of hydrogen-bond acceptors (Lipinski definition) is 2. The molecule has 2 aromatic rings. The van der Waals surface area contributed by atoms with E-state index in [1.54, 1.807) is 13.1 Å². The van der Waals surface area contributed by atoms with Crippen LogP contribution in [0.1, 0.15) is 33.8 Å². The van der Waals surface area contributed by atoms with E-state index in [-0.39, 0.29) is 23.7 Å². The second-order valence-corrected chi connectivity index (χ2v) is 6.01. The second-order valence-electron chi connectivity index (χ2n) is 6.01. The van der Waals surface area contributed by atoms with Gasteiger partial charge in [0.25, 0.3) is 5.91 Å². The maximum absolute atomic E-state index is 12.4. The van der Waals surface area contributed by atoms with Gasteiger partial charge in [-0.25, -0.2) is 0 Å². The van der Waals surface area contributed by atoms with Crippen molar-refractivity contribution in [1.82, 2.24) is 10.4 Å². The van der Waals surface area contributed by atoms with Crippen molar-refractivity contribution in [2.45, 2.75) is 19.3 Å². The minimum atomic E-state index is -0.201. The van der Waals surface area contributed by atoms with Gasteiger partial charge in [0.2, 0.25) is 5.91 Å². The Kier molecular flexibility index (Phi) is 4.15. The maximum Gasteiger partial charge on any atom is 0.272 e. The summed E-state index contributed by atoms with van der Waals surface area (Å²) in [4.78, 5) is 24.7. The highest BCUT2D eigenvalue weighted by atomic mass is 16.2. The van der Waals surface area contributed by atoms with Crippen molar-refractivity contribution in [1.29, 1.82) is 0 Å². The van der Waals surface area contributed by atoms with E-state index in [1.165, 1.54) is 10.6 Å². The number of nitrogens with one attached hydrogen (secondary N) is 1. The molecule has 1 aliphatic rings. The van der Waals surface area contributed by atoms with Crippen LogP contribution in [-0.4, -0.2) is 23.9 Å². The lowest BCUT2D eigenvalue weighted by atomic mass is 10.1. The molecule has 2 unspecified atom stereocenters. The quantitative estimate of drug-likeness (QED) is 0.886. The first-order valence-corrected chi connectivity index (χ1v) is 7.77. The van der Waals surface area contributed by atoms with Crippen molar-refractivity contribution >= 4 is 11.8 Å². The molecule has 0 aliphatic heterocycles. The highest BCUT2D eigenvalue weighted by Gasteiger charge is 2.44. The molecule has 23 heavy (non-hydrogen) atoms. The fourth-order valence-electron chi connectivity index (χ4n) is 2.85. The summed E-state index contributed by atoms with van der Waals surface area (Å²) in [6.45, 7) is 1.88. The van der Waals surface area contributed by atoms with Crippen LogP contribution < -0.4 is 5.43 Å². The zero-order chi connectivity index (χ0) is 16.4.